The molecule has 0 aliphatic heterocycles. The van der Waals surface area contributed by atoms with Gasteiger partial charge in [0.05, 0.1) is 13.2 Å². The first-order valence-electron chi connectivity index (χ1n) is 6.06. The Labute approximate surface area is 108 Å². The lowest BCUT2D eigenvalue weighted by molar-refractivity contribution is 0.154. The van der Waals surface area contributed by atoms with Crippen LogP contribution in [0.25, 0.3) is 0 Å². The molecule has 0 fully saturated rings. The van der Waals surface area contributed by atoms with Crippen LogP contribution in [0.2, 0.25) is 0 Å². The zero-order chi connectivity index (χ0) is 13.4. The van der Waals surface area contributed by atoms with Gasteiger partial charge in [0.25, 0.3) is 0 Å². The van der Waals surface area contributed by atoms with E-state index in [1.807, 2.05) is 25.8 Å². The summed E-state index contributed by atoms with van der Waals surface area (Å²) in [4.78, 5) is 14.5. The van der Waals surface area contributed by atoms with Gasteiger partial charge in [0.15, 0.2) is 0 Å². The van der Waals surface area contributed by atoms with E-state index in [9.17, 15) is 0 Å². The smallest absolute Gasteiger partial charge is 0.323 e. The van der Waals surface area contributed by atoms with Crippen molar-refractivity contribution in [1.82, 2.24) is 15.0 Å². The molecule has 0 saturated carbocycles. The van der Waals surface area contributed by atoms with E-state index in [-0.39, 0.29) is 0 Å². The highest BCUT2D eigenvalue weighted by molar-refractivity contribution is 5.37. The molecule has 0 saturated heterocycles. The van der Waals surface area contributed by atoms with Crippen molar-refractivity contribution in [2.45, 2.75) is 13.8 Å². The van der Waals surface area contributed by atoms with E-state index in [0.717, 1.165) is 0 Å². The molecule has 0 spiro atoms. The van der Waals surface area contributed by atoms with Crippen LogP contribution in [0.1, 0.15) is 13.8 Å². The Balaban J connectivity index is 2.75. The lowest BCUT2D eigenvalue weighted by Crippen LogP contribution is -2.25. The molecule has 0 aliphatic carbocycles. The van der Waals surface area contributed by atoms with Gasteiger partial charge in [0, 0.05) is 27.2 Å². The number of rotatable bonds is 8. The van der Waals surface area contributed by atoms with Crippen LogP contribution in [0, 0.1) is 0 Å². The highest BCUT2D eigenvalue weighted by Crippen LogP contribution is 2.13. The van der Waals surface area contributed by atoms with Crippen molar-refractivity contribution in [3.8, 4) is 6.01 Å². The topological polar surface area (TPSA) is 72.4 Å². The lowest BCUT2D eigenvalue weighted by atomic mass is 10.6. The molecule has 0 radical (unpaired) electrons. The number of anilines is 2. The summed E-state index contributed by atoms with van der Waals surface area (Å²) in [6.45, 7) is 6.44. The van der Waals surface area contributed by atoms with E-state index in [1.165, 1.54) is 0 Å². The van der Waals surface area contributed by atoms with Crippen LogP contribution < -0.4 is 15.0 Å². The van der Waals surface area contributed by atoms with Crippen LogP contribution in [0.5, 0.6) is 6.01 Å². The van der Waals surface area contributed by atoms with Crippen LogP contribution in [-0.4, -0.2) is 55.4 Å². The Bertz CT molecular complexity index is 361. The van der Waals surface area contributed by atoms with Gasteiger partial charge in [-0.15, -0.1) is 0 Å². The van der Waals surface area contributed by atoms with Crippen molar-refractivity contribution in [1.29, 1.82) is 0 Å². The molecule has 1 aromatic heterocycles. The Morgan fingerprint density at radius 1 is 1.17 bits per heavy atom. The van der Waals surface area contributed by atoms with Crippen molar-refractivity contribution in [2.24, 2.45) is 0 Å². The maximum atomic E-state index is 5.30. The van der Waals surface area contributed by atoms with Gasteiger partial charge in [-0.3, -0.25) is 0 Å². The number of nitrogens with zero attached hydrogens (tertiary/aromatic N) is 4. The number of ether oxygens (including phenoxy) is 2. The summed E-state index contributed by atoms with van der Waals surface area (Å²) in [5.41, 5.74) is 0. The molecule has 0 amide bonds. The van der Waals surface area contributed by atoms with E-state index in [0.29, 0.717) is 44.3 Å². The summed E-state index contributed by atoms with van der Waals surface area (Å²) in [6, 6.07) is 0.329. The second-order valence-electron chi connectivity index (χ2n) is 3.54. The molecule has 7 heteroatoms. The summed E-state index contributed by atoms with van der Waals surface area (Å²) in [7, 11) is 3.67. The molecule has 0 atom stereocenters. The summed E-state index contributed by atoms with van der Waals surface area (Å²) in [5, 5.41) is 2.89. The van der Waals surface area contributed by atoms with E-state index in [2.05, 4.69) is 20.3 Å². The van der Waals surface area contributed by atoms with Crippen molar-refractivity contribution < 1.29 is 9.47 Å². The third-order valence-electron chi connectivity index (χ3n) is 2.22. The third kappa shape index (κ3) is 4.33. The van der Waals surface area contributed by atoms with Gasteiger partial charge < -0.3 is 19.7 Å². The van der Waals surface area contributed by atoms with Crippen LogP contribution >= 0.6 is 0 Å². The zero-order valence-electron chi connectivity index (χ0n) is 11.4. The molecule has 1 N–H and O–H groups in total. The first-order valence-corrected chi connectivity index (χ1v) is 6.06. The number of hydrogen-bond acceptors (Lipinski definition) is 7. The van der Waals surface area contributed by atoms with E-state index in [1.54, 1.807) is 7.05 Å². The highest BCUT2D eigenvalue weighted by atomic mass is 16.5. The van der Waals surface area contributed by atoms with Crippen molar-refractivity contribution >= 4 is 11.9 Å². The third-order valence-corrected chi connectivity index (χ3v) is 2.22. The fraction of sp³-hybridized carbons (Fsp3) is 0.727. The Morgan fingerprint density at radius 3 is 2.56 bits per heavy atom. The van der Waals surface area contributed by atoms with Crippen LogP contribution in [0.15, 0.2) is 0 Å². The molecule has 1 rings (SSSR count). The minimum atomic E-state index is 0.329. The SMILES string of the molecule is CCOCCN(C)c1nc(NC)nc(OCC)n1. The van der Waals surface area contributed by atoms with E-state index in [4.69, 9.17) is 9.47 Å². The summed E-state index contributed by atoms with van der Waals surface area (Å²) >= 11 is 0. The van der Waals surface area contributed by atoms with Gasteiger partial charge in [-0.2, -0.15) is 15.0 Å². The molecular weight excluding hydrogens is 234 g/mol. The van der Waals surface area contributed by atoms with Gasteiger partial charge in [-0.25, -0.2) is 0 Å². The first-order chi connectivity index (χ1) is 8.71. The molecule has 0 aliphatic rings. The highest BCUT2D eigenvalue weighted by Gasteiger charge is 2.10. The van der Waals surface area contributed by atoms with Gasteiger partial charge in [0.1, 0.15) is 0 Å². The average molecular weight is 255 g/mol. The predicted molar refractivity (Wildman–Crippen MR) is 70.3 cm³/mol. The maximum absolute atomic E-state index is 5.30. The Hall–Kier alpha value is -1.63. The average Bonchev–Trinajstić information content (AvgIpc) is 2.39. The number of hydrogen-bond donors (Lipinski definition) is 1. The minimum Gasteiger partial charge on any atom is -0.464 e. The molecule has 0 aromatic carbocycles. The second kappa shape index (κ2) is 7.65. The molecular formula is C11H21N5O2. The normalized spacial score (nSPS) is 10.2. The van der Waals surface area contributed by atoms with Crippen LogP contribution in [-0.2, 0) is 4.74 Å². The molecule has 0 unspecified atom stereocenters. The maximum Gasteiger partial charge on any atom is 0.323 e. The van der Waals surface area contributed by atoms with Gasteiger partial charge in [0.2, 0.25) is 11.9 Å². The van der Waals surface area contributed by atoms with E-state index >= 15 is 0 Å². The molecule has 7 nitrogen and oxygen atoms in total. The standard InChI is InChI=1S/C11H21N5O2/c1-5-17-8-7-16(4)10-13-9(12-3)14-11(15-10)18-6-2/h5-8H2,1-4H3,(H,12,13,14,15). The number of likely N-dealkylation sites (N-methyl/N-ethyl adjacent to an activating group) is 1. The Kier molecular flexibility index (Phi) is 6.13. The fourth-order valence-electron chi connectivity index (χ4n) is 1.27. The van der Waals surface area contributed by atoms with Crippen molar-refractivity contribution in [3.63, 3.8) is 0 Å². The summed E-state index contributed by atoms with van der Waals surface area (Å²) in [6.07, 6.45) is 0. The first kappa shape index (κ1) is 14.4. The van der Waals surface area contributed by atoms with Crippen molar-refractivity contribution in [3.05, 3.63) is 0 Å². The zero-order valence-corrected chi connectivity index (χ0v) is 11.4. The number of nitrogens with one attached hydrogen (secondary N) is 1. The molecule has 1 heterocycles. The molecule has 102 valence electrons. The molecule has 0 bridgehead atoms. The van der Waals surface area contributed by atoms with Gasteiger partial charge in [-0.1, -0.05) is 0 Å². The summed E-state index contributed by atoms with van der Waals surface area (Å²) < 4.78 is 10.6. The van der Waals surface area contributed by atoms with Gasteiger partial charge in [-0.05, 0) is 13.8 Å². The Morgan fingerprint density at radius 2 is 1.94 bits per heavy atom. The fourth-order valence-corrected chi connectivity index (χ4v) is 1.27. The van der Waals surface area contributed by atoms with Crippen molar-refractivity contribution in [2.75, 3.05) is 50.7 Å². The summed E-state index contributed by atoms with van der Waals surface area (Å²) in [5.74, 6) is 1.06. The second-order valence-corrected chi connectivity index (χ2v) is 3.54. The molecule has 1 aromatic rings. The lowest BCUT2D eigenvalue weighted by Gasteiger charge is -2.17. The van der Waals surface area contributed by atoms with Gasteiger partial charge >= 0.3 is 6.01 Å². The largest absolute Gasteiger partial charge is 0.464 e. The van der Waals surface area contributed by atoms with Crippen LogP contribution in [0.3, 0.4) is 0 Å². The monoisotopic (exact) mass is 255 g/mol. The minimum absolute atomic E-state index is 0.329. The quantitative estimate of drug-likeness (QED) is 0.688. The van der Waals surface area contributed by atoms with Crippen LogP contribution in [0.4, 0.5) is 11.9 Å². The van der Waals surface area contributed by atoms with E-state index < -0.39 is 0 Å². The predicted octanol–water partition coefficient (Wildman–Crippen LogP) is 0.785. The molecule has 18 heavy (non-hydrogen) atoms. The number of aromatic nitrogens is 3.